The summed E-state index contributed by atoms with van der Waals surface area (Å²) in [4.78, 5) is 12.5. The summed E-state index contributed by atoms with van der Waals surface area (Å²) in [5, 5.41) is 14.7. The van der Waals surface area contributed by atoms with Crippen molar-refractivity contribution in [3.8, 4) is 0 Å². The van der Waals surface area contributed by atoms with Gasteiger partial charge in [0.1, 0.15) is 0 Å². The zero-order chi connectivity index (χ0) is 16.8. The van der Waals surface area contributed by atoms with Crippen molar-refractivity contribution in [3.63, 3.8) is 0 Å². The fraction of sp³-hybridized carbons (Fsp3) is 0.500. The number of carbonyl (C=O) groups is 1. The number of hydrogen-bond acceptors (Lipinski definition) is 3. The summed E-state index contributed by atoms with van der Waals surface area (Å²) in [6, 6.07) is 7.58. The Kier molecular flexibility index (Phi) is 3.71. The molecule has 0 unspecified atom stereocenters. The van der Waals surface area contributed by atoms with E-state index in [2.05, 4.69) is 5.10 Å². The maximum Gasteiger partial charge on any atom is 0.439 e. The maximum atomic E-state index is 13.7. The molecule has 1 N–H and O–H groups in total. The molecule has 0 spiro atoms. The predicted octanol–water partition coefficient (Wildman–Crippen LogP) is 3.19. The fourth-order valence-corrected chi connectivity index (χ4v) is 3.40. The van der Waals surface area contributed by atoms with Gasteiger partial charge in [-0.05, 0) is 30.9 Å². The smallest absolute Gasteiger partial charge is 0.362 e. The second-order valence-electron chi connectivity index (χ2n) is 6.12. The average Bonchev–Trinajstić information content (AvgIpc) is 2.83. The number of halogens is 3. The molecular formula is C16H17F3N2O2. The topological polar surface area (TPSA) is 52.9 Å². The SMILES string of the molecule is C[C@@H]1CCC[C@@H]2C1=NN(C(=O)c1ccccc1)[C@@]2(O)C(F)(F)F. The summed E-state index contributed by atoms with van der Waals surface area (Å²) in [7, 11) is 0. The minimum absolute atomic E-state index is 0.0609. The third-order valence-corrected chi connectivity index (χ3v) is 4.65. The average molecular weight is 326 g/mol. The van der Waals surface area contributed by atoms with Crippen LogP contribution in [0.3, 0.4) is 0 Å². The zero-order valence-corrected chi connectivity index (χ0v) is 12.5. The number of hydrazone groups is 1. The van der Waals surface area contributed by atoms with Gasteiger partial charge in [0.2, 0.25) is 0 Å². The maximum absolute atomic E-state index is 13.7. The Balaban J connectivity index is 2.07. The Labute approximate surface area is 131 Å². The predicted molar refractivity (Wildman–Crippen MR) is 77.6 cm³/mol. The van der Waals surface area contributed by atoms with E-state index in [9.17, 15) is 23.1 Å². The number of hydrogen-bond donors (Lipinski definition) is 1. The lowest BCUT2D eigenvalue weighted by Gasteiger charge is -2.39. The first-order valence-electron chi connectivity index (χ1n) is 7.54. The van der Waals surface area contributed by atoms with E-state index < -0.39 is 23.7 Å². The molecule has 2 aliphatic rings. The van der Waals surface area contributed by atoms with Gasteiger partial charge in [-0.1, -0.05) is 31.5 Å². The minimum atomic E-state index is -4.98. The molecule has 1 aliphatic carbocycles. The van der Waals surface area contributed by atoms with Gasteiger partial charge in [-0.15, -0.1) is 0 Å². The monoisotopic (exact) mass is 326 g/mol. The van der Waals surface area contributed by atoms with Crippen molar-refractivity contribution in [2.45, 2.75) is 38.1 Å². The van der Waals surface area contributed by atoms with Gasteiger partial charge in [-0.3, -0.25) is 4.79 Å². The molecule has 3 atom stereocenters. The van der Waals surface area contributed by atoms with E-state index in [0.717, 1.165) is 0 Å². The van der Waals surface area contributed by atoms with Crippen LogP contribution in [0.1, 0.15) is 36.5 Å². The van der Waals surface area contributed by atoms with Gasteiger partial charge in [0.15, 0.2) is 0 Å². The molecule has 3 rings (SSSR count). The molecule has 0 radical (unpaired) electrons. The van der Waals surface area contributed by atoms with Crippen molar-refractivity contribution in [2.24, 2.45) is 16.9 Å². The first-order chi connectivity index (χ1) is 10.8. The first kappa shape index (κ1) is 16.0. The lowest BCUT2D eigenvalue weighted by Crippen LogP contribution is -2.61. The lowest BCUT2D eigenvalue weighted by atomic mass is 9.75. The number of nitrogens with zero attached hydrogens (tertiary/aromatic N) is 2. The summed E-state index contributed by atoms with van der Waals surface area (Å²) in [5.74, 6) is -2.32. The normalized spacial score (nSPS) is 30.8. The van der Waals surface area contributed by atoms with Crippen molar-refractivity contribution in [1.82, 2.24) is 5.01 Å². The van der Waals surface area contributed by atoms with Gasteiger partial charge in [0.25, 0.3) is 11.6 Å². The highest BCUT2D eigenvalue weighted by Crippen LogP contribution is 2.49. The highest BCUT2D eigenvalue weighted by molar-refractivity contribution is 6.00. The van der Waals surface area contributed by atoms with E-state index >= 15 is 0 Å². The van der Waals surface area contributed by atoms with Gasteiger partial charge in [-0.2, -0.15) is 23.3 Å². The van der Waals surface area contributed by atoms with Crippen molar-refractivity contribution < 1.29 is 23.1 Å². The van der Waals surface area contributed by atoms with Gasteiger partial charge < -0.3 is 5.11 Å². The molecule has 4 nitrogen and oxygen atoms in total. The van der Waals surface area contributed by atoms with E-state index in [1.165, 1.54) is 12.1 Å². The molecular weight excluding hydrogens is 309 g/mol. The molecule has 0 aromatic heterocycles. The van der Waals surface area contributed by atoms with Crippen molar-refractivity contribution in [1.29, 1.82) is 0 Å². The highest BCUT2D eigenvalue weighted by Gasteiger charge is 2.69. The van der Waals surface area contributed by atoms with Gasteiger partial charge in [0.05, 0.1) is 5.92 Å². The minimum Gasteiger partial charge on any atom is -0.362 e. The molecule has 0 saturated heterocycles. The van der Waals surface area contributed by atoms with E-state index in [-0.39, 0.29) is 28.6 Å². The zero-order valence-electron chi connectivity index (χ0n) is 12.5. The second kappa shape index (κ2) is 5.33. The second-order valence-corrected chi connectivity index (χ2v) is 6.12. The summed E-state index contributed by atoms with van der Waals surface area (Å²) >= 11 is 0. The van der Waals surface area contributed by atoms with Crippen LogP contribution < -0.4 is 0 Å². The Morgan fingerprint density at radius 2 is 1.96 bits per heavy atom. The van der Waals surface area contributed by atoms with Crippen LogP contribution in [0.5, 0.6) is 0 Å². The van der Waals surface area contributed by atoms with Crippen LogP contribution in [0.2, 0.25) is 0 Å². The highest BCUT2D eigenvalue weighted by atomic mass is 19.4. The first-order valence-corrected chi connectivity index (χ1v) is 7.54. The Hall–Kier alpha value is -1.89. The number of alkyl halides is 3. The van der Waals surface area contributed by atoms with Crippen LogP contribution in [0, 0.1) is 11.8 Å². The van der Waals surface area contributed by atoms with Crippen molar-refractivity contribution in [2.75, 3.05) is 0 Å². The van der Waals surface area contributed by atoms with Gasteiger partial charge in [-0.25, -0.2) is 0 Å². The third kappa shape index (κ3) is 2.34. The van der Waals surface area contributed by atoms with Crippen LogP contribution in [0.4, 0.5) is 13.2 Å². The molecule has 1 fully saturated rings. The summed E-state index contributed by atoms with van der Waals surface area (Å²) in [6.07, 6.45) is -3.55. The van der Waals surface area contributed by atoms with Crippen LogP contribution >= 0.6 is 0 Å². The number of carbonyl (C=O) groups excluding carboxylic acids is 1. The van der Waals surface area contributed by atoms with Crippen molar-refractivity contribution >= 4 is 11.6 Å². The molecule has 1 amide bonds. The number of aliphatic hydroxyl groups is 1. The van der Waals surface area contributed by atoms with Crippen LogP contribution in [-0.4, -0.2) is 33.6 Å². The van der Waals surface area contributed by atoms with E-state index in [0.29, 0.717) is 12.8 Å². The van der Waals surface area contributed by atoms with Gasteiger partial charge >= 0.3 is 6.18 Å². The molecule has 1 saturated carbocycles. The van der Waals surface area contributed by atoms with Crippen LogP contribution in [0.25, 0.3) is 0 Å². The molecule has 7 heteroatoms. The number of benzene rings is 1. The largest absolute Gasteiger partial charge is 0.439 e. The molecule has 23 heavy (non-hydrogen) atoms. The fourth-order valence-electron chi connectivity index (χ4n) is 3.40. The Bertz CT molecular complexity index is 644. The van der Waals surface area contributed by atoms with E-state index in [1.54, 1.807) is 25.1 Å². The molecule has 1 aromatic carbocycles. The van der Waals surface area contributed by atoms with Crippen LogP contribution in [0.15, 0.2) is 35.4 Å². The Morgan fingerprint density at radius 3 is 2.57 bits per heavy atom. The quantitative estimate of drug-likeness (QED) is 0.862. The Morgan fingerprint density at radius 1 is 1.30 bits per heavy atom. The molecule has 0 bridgehead atoms. The summed E-state index contributed by atoms with van der Waals surface area (Å²) in [6.45, 7) is 1.78. The summed E-state index contributed by atoms with van der Waals surface area (Å²) < 4.78 is 41.0. The molecule has 1 heterocycles. The number of rotatable bonds is 1. The molecule has 124 valence electrons. The number of amides is 1. The van der Waals surface area contributed by atoms with Gasteiger partial charge in [0, 0.05) is 11.3 Å². The summed E-state index contributed by atoms with van der Waals surface area (Å²) in [5.41, 5.74) is -2.95. The molecule has 1 aromatic rings. The van der Waals surface area contributed by atoms with Crippen molar-refractivity contribution in [3.05, 3.63) is 35.9 Å². The third-order valence-electron chi connectivity index (χ3n) is 4.65. The standard InChI is InChI=1S/C16H17F3N2O2/c1-10-6-5-9-12-13(10)20-21(15(12,23)16(17,18)19)14(22)11-7-3-2-4-8-11/h2-4,7-8,10,12,23H,5-6,9H2,1H3/t10-,12-,15+/m1/s1. The lowest BCUT2D eigenvalue weighted by molar-refractivity contribution is -0.312. The van der Waals surface area contributed by atoms with E-state index in [4.69, 9.17) is 0 Å². The molecule has 1 aliphatic heterocycles. The van der Waals surface area contributed by atoms with E-state index in [1.807, 2.05) is 0 Å². The number of fused-ring (bicyclic) bond motifs is 1. The van der Waals surface area contributed by atoms with Crippen LogP contribution in [-0.2, 0) is 0 Å².